The Hall–Kier alpha value is -2.31. The summed E-state index contributed by atoms with van der Waals surface area (Å²) in [6.45, 7) is 6.71. The average molecular weight is 320 g/mol. The van der Waals surface area contributed by atoms with Crippen molar-refractivity contribution in [2.45, 2.75) is 45.3 Å². The lowest BCUT2D eigenvalue weighted by atomic mass is 10.1. The van der Waals surface area contributed by atoms with Gasteiger partial charge in [-0.1, -0.05) is 0 Å². The largest absolute Gasteiger partial charge is 0.444 e. The minimum atomic E-state index is -0.489. The third-order valence-electron chi connectivity index (χ3n) is 3.42. The SMILES string of the molecule is CC(C)(C)OC(=O)N1CCC(NC(=O)Nc2ccncc2)CC1. The van der Waals surface area contributed by atoms with Crippen LogP contribution < -0.4 is 10.6 Å². The van der Waals surface area contributed by atoms with Crippen molar-refractivity contribution in [1.29, 1.82) is 0 Å². The van der Waals surface area contributed by atoms with Gasteiger partial charge in [-0.3, -0.25) is 4.98 Å². The Balaban J connectivity index is 1.74. The summed E-state index contributed by atoms with van der Waals surface area (Å²) in [6.07, 6.45) is 4.37. The fourth-order valence-electron chi connectivity index (χ4n) is 2.32. The van der Waals surface area contributed by atoms with Gasteiger partial charge >= 0.3 is 12.1 Å². The van der Waals surface area contributed by atoms with Crippen LogP contribution in [0.1, 0.15) is 33.6 Å². The van der Waals surface area contributed by atoms with Crippen LogP contribution in [0.3, 0.4) is 0 Å². The molecular formula is C16H24N4O3. The number of nitrogens with zero attached hydrogens (tertiary/aromatic N) is 2. The highest BCUT2D eigenvalue weighted by Gasteiger charge is 2.27. The number of nitrogens with one attached hydrogen (secondary N) is 2. The van der Waals surface area contributed by atoms with E-state index < -0.39 is 5.60 Å². The molecule has 1 fully saturated rings. The van der Waals surface area contributed by atoms with Gasteiger partial charge in [0.15, 0.2) is 0 Å². The van der Waals surface area contributed by atoms with Crippen molar-refractivity contribution in [1.82, 2.24) is 15.2 Å². The first-order chi connectivity index (χ1) is 10.8. The molecule has 2 heterocycles. The Morgan fingerprint density at radius 2 is 1.83 bits per heavy atom. The third kappa shape index (κ3) is 5.77. The number of anilines is 1. The van der Waals surface area contributed by atoms with Crippen molar-refractivity contribution in [3.63, 3.8) is 0 Å². The molecule has 7 nitrogen and oxygen atoms in total. The van der Waals surface area contributed by atoms with Crippen LogP contribution in [0.5, 0.6) is 0 Å². The second kappa shape index (κ2) is 7.30. The van der Waals surface area contributed by atoms with E-state index >= 15 is 0 Å². The van der Waals surface area contributed by atoms with Gasteiger partial charge in [-0.05, 0) is 45.7 Å². The number of urea groups is 1. The molecule has 23 heavy (non-hydrogen) atoms. The fraction of sp³-hybridized carbons (Fsp3) is 0.562. The molecule has 7 heteroatoms. The number of likely N-dealkylation sites (tertiary alicyclic amines) is 1. The second-order valence-electron chi connectivity index (χ2n) is 6.58. The van der Waals surface area contributed by atoms with Gasteiger partial charge in [-0.15, -0.1) is 0 Å². The minimum absolute atomic E-state index is 0.0514. The number of hydrogen-bond acceptors (Lipinski definition) is 4. The van der Waals surface area contributed by atoms with Gasteiger partial charge in [0.25, 0.3) is 0 Å². The molecule has 2 rings (SSSR count). The highest BCUT2D eigenvalue weighted by Crippen LogP contribution is 2.15. The molecule has 1 saturated heterocycles. The number of carbonyl (C=O) groups excluding carboxylic acids is 2. The van der Waals surface area contributed by atoms with Gasteiger partial charge in [0.2, 0.25) is 0 Å². The molecule has 0 saturated carbocycles. The zero-order valence-electron chi connectivity index (χ0n) is 13.8. The summed E-state index contributed by atoms with van der Waals surface area (Å²) >= 11 is 0. The van der Waals surface area contributed by atoms with Gasteiger partial charge in [0.05, 0.1) is 0 Å². The first-order valence-electron chi connectivity index (χ1n) is 7.79. The minimum Gasteiger partial charge on any atom is -0.444 e. The number of piperidine rings is 1. The molecule has 0 spiro atoms. The van der Waals surface area contributed by atoms with E-state index in [4.69, 9.17) is 4.74 Å². The predicted molar refractivity (Wildman–Crippen MR) is 87.2 cm³/mol. The number of aromatic nitrogens is 1. The maximum atomic E-state index is 12.0. The van der Waals surface area contributed by atoms with Crippen molar-refractivity contribution in [2.24, 2.45) is 0 Å². The fourth-order valence-corrected chi connectivity index (χ4v) is 2.32. The van der Waals surface area contributed by atoms with E-state index in [2.05, 4.69) is 15.6 Å². The topological polar surface area (TPSA) is 83.6 Å². The average Bonchev–Trinajstić information content (AvgIpc) is 2.47. The monoisotopic (exact) mass is 320 g/mol. The van der Waals surface area contributed by atoms with Gasteiger partial charge < -0.3 is 20.3 Å². The van der Waals surface area contributed by atoms with E-state index in [1.807, 2.05) is 20.8 Å². The van der Waals surface area contributed by atoms with Crippen molar-refractivity contribution in [3.05, 3.63) is 24.5 Å². The molecule has 0 radical (unpaired) electrons. The summed E-state index contributed by atoms with van der Waals surface area (Å²) in [4.78, 5) is 29.5. The third-order valence-corrected chi connectivity index (χ3v) is 3.42. The summed E-state index contributed by atoms with van der Waals surface area (Å²) in [5, 5.41) is 5.68. The molecule has 3 amide bonds. The molecule has 1 aliphatic rings. The van der Waals surface area contributed by atoms with Crippen molar-refractivity contribution >= 4 is 17.8 Å². The molecule has 0 aromatic carbocycles. The number of amides is 3. The summed E-state index contributed by atoms with van der Waals surface area (Å²) in [5.41, 5.74) is 0.208. The van der Waals surface area contributed by atoms with Crippen LogP contribution in [0, 0.1) is 0 Å². The van der Waals surface area contributed by atoms with Crippen LogP contribution in [0.4, 0.5) is 15.3 Å². The second-order valence-corrected chi connectivity index (χ2v) is 6.58. The summed E-state index contributed by atoms with van der Waals surface area (Å²) in [6, 6.07) is 3.26. The lowest BCUT2D eigenvalue weighted by Crippen LogP contribution is -2.48. The van der Waals surface area contributed by atoms with E-state index in [0.29, 0.717) is 31.6 Å². The number of hydrogen-bond donors (Lipinski definition) is 2. The lowest BCUT2D eigenvalue weighted by molar-refractivity contribution is 0.0202. The normalized spacial score (nSPS) is 15.9. The van der Waals surface area contributed by atoms with E-state index in [1.54, 1.807) is 29.4 Å². The van der Waals surface area contributed by atoms with Crippen molar-refractivity contribution < 1.29 is 14.3 Å². The molecule has 1 aromatic rings. The molecule has 0 unspecified atom stereocenters. The van der Waals surface area contributed by atoms with E-state index in [-0.39, 0.29) is 18.2 Å². The number of carbonyl (C=O) groups is 2. The zero-order valence-corrected chi connectivity index (χ0v) is 13.8. The van der Waals surface area contributed by atoms with Gasteiger partial charge in [-0.25, -0.2) is 9.59 Å². The van der Waals surface area contributed by atoms with Crippen molar-refractivity contribution in [2.75, 3.05) is 18.4 Å². The van der Waals surface area contributed by atoms with E-state index in [0.717, 1.165) is 0 Å². The van der Waals surface area contributed by atoms with Gasteiger partial charge in [-0.2, -0.15) is 0 Å². The Labute approximate surface area is 136 Å². The lowest BCUT2D eigenvalue weighted by Gasteiger charge is -2.33. The quantitative estimate of drug-likeness (QED) is 0.877. The molecule has 0 aliphatic carbocycles. The molecule has 2 N–H and O–H groups in total. The molecule has 0 atom stereocenters. The van der Waals surface area contributed by atoms with Gasteiger partial charge in [0.1, 0.15) is 5.60 Å². The van der Waals surface area contributed by atoms with E-state index in [1.165, 1.54) is 0 Å². The van der Waals surface area contributed by atoms with Crippen LogP contribution >= 0.6 is 0 Å². The number of rotatable bonds is 2. The van der Waals surface area contributed by atoms with Crippen LogP contribution in [0.2, 0.25) is 0 Å². The van der Waals surface area contributed by atoms with E-state index in [9.17, 15) is 9.59 Å². The Bertz CT molecular complexity index is 534. The maximum absolute atomic E-state index is 12.0. The smallest absolute Gasteiger partial charge is 0.410 e. The summed E-state index contributed by atoms with van der Waals surface area (Å²) < 4.78 is 5.35. The molecule has 1 aromatic heterocycles. The Morgan fingerprint density at radius 3 is 2.39 bits per heavy atom. The molecule has 1 aliphatic heterocycles. The zero-order chi connectivity index (χ0) is 16.9. The highest BCUT2D eigenvalue weighted by molar-refractivity contribution is 5.89. The highest BCUT2D eigenvalue weighted by atomic mass is 16.6. The van der Waals surface area contributed by atoms with Crippen LogP contribution in [-0.4, -0.2) is 46.7 Å². The first-order valence-corrected chi connectivity index (χ1v) is 7.79. The molecular weight excluding hydrogens is 296 g/mol. The summed E-state index contributed by atoms with van der Waals surface area (Å²) in [5.74, 6) is 0. The maximum Gasteiger partial charge on any atom is 0.410 e. The van der Waals surface area contributed by atoms with Gasteiger partial charge in [0, 0.05) is 37.2 Å². The molecule has 126 valence electrons. The molecule has 0 bridgehead atoms. The standard InChI is InChI=1S/C16H24N4O3/c1-16(2,3)23-15(22)20-10-6-13(7-11-20)19-14(21)18-12-4-8-17-9-5-12/h4-5,8-9,13H,6-7,10-11H2,1-3H3,(H2,17,18,19,21). The first kappa shape index (κ1) is 17.1. The number of ether oxygens (including phenoxy) is 1. The van der Waals surface area contributed by atoms with Crippen LogP contribution in [0.15, 0.2) is 24.5 Å². The van der Waals surface area contributed by atoms with Crippen molar-refractivity contribution in [3.8, 4) is 0 Å². The van der Waals surface area contributed by atoms with Crippen LogP contribution in [0.25, 0.3) is 0 Å². The number of pyridine rings is 1. The Kier molecular flexibility index (Phi) is 5.41. The Morgan fingerprint density at radius 1 is 1.22 bits per heavy atom. The summed E-state index contributed by atoms with van der Waals surface area (Å²) in [7, 11) is 0. The van der Waals surface area contributed by atoms with Crippen LogP contribution in [-0.2, 0) is 4.74 Å². The predicted octanol–water partition coefficient (Wildman–Crippen LogP) is 2.60.